The van der Waals surface area contributed by atoms with Gasteiger partial charge in [-0.05, 0) is 42.1 Å². The maximum absolute atomic E-state index is 12.4. The molecular formula is C23H16Cl2N2O2S. The van der Waals surface area contributed by atoms with Crippen LogP contribution in [0.15, 0.2) is 82.7 Å². The summed E-state index contributed by atoms with van der Waals surface area (Å²) in [6, 6.07) is 22.3. The van der Waals surface area contributed by atoms with Gasteiger partial charge in [0.05, 0.1) is 15.6 Å². The molecular weight excluding hydrogens is 439 g/mol. The minimum absolute atomic E-state index is 0.216. The maximum Gasteiger partial charge on any atom is 0.264 e. The van der Waals surface area contributed by atoms with Gasteiger partial charge in [-0.15, -0.1) is 0 Å². The predicted molar refractivity (Wildman–Crippen MR) is 124 cm³/mol. The zero-order chi connectivity index (χ0) is 20.9. The molecule has 4 rings (SSSR count). The Kier molecular flexibility index (Phi) is 6.43. The van der Waals surface area contributed by atoms with E-state index in [1.54, 1.807) is 18.2 Å². The molecule has 3 aromatic carbocycles. The molecule has 0 radical (unpaired) electrons. The Hall–Kier alpha value is -2.73. The zero-order valence-corrected chi connectivity index (χ0v) is 18.0. The van der Waals surface area contributed by atoms with E-state index in [9.17, 15) is 4.79 Å². The van der Waals surface area contributed by atoms with Crippen molar-refractivity contribution in [3.63, 3.8) is 0 Å². The molecule has 0 aliphatic carbocycles. The number of ether oxygens (including phenoxy) is 1. The molecule has 1 aliphatic rings. The second kappa shape index (κ2) is 9.39. The van der Waals surface area contributed by atoms with E-state index >= 15 is 0 Å². The molecule has 1 fully saturated rings. The second-order valence-electron chi connectivity index (χ2n) is 6.35. The Labute approximate surface area is 188 Å². The van der Waals surface area contributed by atoms with Gasteiger partial charge in [-0.2, -0.15) is 0 Å². The molecule has 1 saturated heterocycles. The Bertz CT molecular complexity index is 1160. The van der Waals surface area contributed by atoms with Crippen molar-refractivity contribution in [2.24, 2.45) is 4.99 Å². The number of halogens is 2. The first kappa shape index (κ1) is 20.5. The lowest BCUT2D eigenvalue weighted by Crippen LogP contribution is -2.19. The molecule has 7 heteroatoms. The Morgan fingerprint density at radius 1 is 0.933 bits per heavy atom. The van der Waals surface area contributed by atoms with Gasteiger partial charge in [0, 0.05) is 16.1 Å². The van der Waals surface area contributed by atoms with Crippen LogP contribution >= 0.6 is 35.0 Å². The monoisotopic (exact) mass is 454 g/mol. The van der Waals surface area contributed by atoms with E-state index in [1.165, 1.54) is 11.8 Å². The third kappa shape index (κ3) is 4.87. The third-order valence-electron chi connectivity index (χ3n) is 4.27. The summed E-state index contributed by atoms with van der Waals surface area (Å²) in [6.45, 7) is 0.332. The van der Waals surface area contributed by atoms with Crippen LogP contribution in [0.2, 0.25) is 10.0 Å². The fourth-order valence-electron chi connectivity index (χ4n) is 2.78. The number of nitrogens with one attached hydrogen (secondary N) is 1. The van der Waals surface area contributed by atoms with Crippen LogP contribution in [0.5, 0.6) is 5.75 Å². The van der Waals surface area contributed by atoms with Crippen molar-refractivity contribution in [2.75, 3.05) is 0 Å². The van der Waals surface area contributed by atoms with Crippen LogP contribution in [0.25, 0.3) is 6.08 Å². The Morgan fingerprint density at radius 3 is 2.43 bits per heavy atom. The number of para-hydroxylation sites is 2. The second-order valence-corrected chi connectivity index (χ2v) is 8.20. The minimum Gasteiger partial charge on any atom is -0.488 e. The fourth-order valence-corrected chi connectivity index (χ4v) is 3.97. The molecule has 1 heterocycles. The van der Waals surface area contributed by atoms with Crippen molar-refractivity contribution in [3.8, 4) is 5.75 Å². The zero-order valence-electron chi connectivity index (χ0n) is 15.6. The summed E-state index contributed by atoms with van der Waals surface area (Å²) in [5.41, 5.74) is 2.29. The lowest BCUT2D eigenvalue weighted by Gasteiger charge is -2.10. The van der Waals surface area contributed by atoms with E-state index in [0.29, 0.717) is 38.2 Å². The number of rotatable bonds is 5. The smallest absolute Gasteiger partial charge is 0.264 e. The molecule has 0 saturated carbocycles. The number of amidine groups is 1. The Balaban J connectivity index is 1.54. The summed E-state index contributed by atoms with van der Waals surface area (Å²) in [7, 11) is 0. The van der Waals surface area contributed by atoms with Gasteiger partial charge >= 0.3 is 0 Å². The number of hydrogen-bond donors (Lipinski definition) is 1. The standard InChI is InChI=1S/C23H16Cl2N2O2S/c24-17-9-3-1-8-16(17)14-29-20-12-6-2-7-15(20)13-21-22(28)27-23(30-21)26-19-11-5-4-10-18(19)25/h1-13H,14H2,(H,26,27,28)/b21-13-. The van der Waals surface area contributed by atoms with Gasteiger partial charge in [0.2, 0.25) is 0 Å². The van der Waals surface area contributed by atoms with Crippen LogP contribution in [0.1, 0.15) is 11.1 Å². The molecule has 30 heavy (non-hydrogen) atoms. The van der Waals surface area contributed by atoms with Crippen LogP contribution in [0.3, 0.4) is 0 Å². The Morgan fingerprint density at radius 2 is 1.63 bits per heavy atom. The molecule has 150 valence electrons. The van der Waals surface area contributed by atoms with E-state index < -0.39 is 0 Å². The van der Waals surface area contributed by atoms with Crippen molar-refractivity contribution >= 4 is 57.8 Å². The van der Waals surface area contributed by atoms with Gasteiger partial charge in [0.1, 0.15) is 12.4 Å². The van der Waals surface area contributed by atoms with E-state index in [2.05, 4.69) is 10.3 Å². The first-order valence-corrected chi connectivity index (χ1v) is 10.7. The molecule has 1 amide bonds. The van der Waals surface area contributed by atoms with Crippen LogP contribution in [0, 0.1) is 0 Å². The predicted octanol–water partition coefficient (Wildman–Crippen LogP) is 6.46. The first-order valence-electron chi connectivity index (χ1n) is 9.09. The lowest BCUT2D eigenvalue weighted by atomic mass is 10.2. The van der Waals surface area contributed by atoms with Gasteiger partial charge in [0.15, 0.2) is 5.17 Å². The summed E-state index contributed by atoms with van der Waals surface area (Å²) >= 11 is 13.6. The van der Waals surface area contributed by atoms with Crippen molar-refractivity contribution in [2.45, 2.75) is 6.61 Å². The normalized spacial score (nSPS) is 16.1. The van der Waals surface area contributed by atoms with Crippen molar-refractivity contribution in [3.05, 3.63) is 98.9 Å². The van der Waals surface area contributed by atoms with E-state index in [0.717, 1.165) is 11.1 Å². The largest absolute Gasteiger partial charge is 0.488 e. The quantitative estimate of drug-likeness (QED) is 0.449. The number of nitrogens with zero attached hydrogens (tertiary/aromatic N) is 1. The molecule has 0 aromatic heterocycles. The van der Waals surface area contributed by atoms with Crippen LogP contribution in [-0.4, -0.2) is 11.1 Å². The van der Waals surface area contributed by atoms with Gasteiger partial charge in [-0.1, -0.05) is 71.7 Å². The highest BCUT2D eigenvalue weighted by Crippen LogP contribution is 2.32. The van der Waals surface area contributed by atoms with Crippen LogP contribution < -0.4 is 10.1 Å². The van der Waals surface area contributed by atoms with Crippen molar-refractivity contribution in [1.82, 2.24) is 5.32 Å². The minimum atomic E-state index is -0.216. The summed E-state index contributed by atoms with van der Waals surface area (Å²) in [5.74, 6) is 0.446. The molecule has 0 spiro atoms. The molecule has 3 aromatic rings. The van der Waals surface area contributed by atoms with E-state index in [4.69, 9.17) is 27.9 Å². The highest BCUT2D eigenvalue weighted by atomic mass is 35.5. The van der Waals surface area contributed by atoms with Crippen LogP contribution in [0.4, 0.5) is 5.69 Å². The number of carbonyl (C=O) groups is 1. The third-order valence-corrected chi connectivity index (χ3v) is 5.87. The number of aliphatic imine (C=N–C) groups is 1. The highest BCUT2D eigenvalue weighted by Gasteiger charge is 2.24. The van der Waals surface area contributed by atoms with Crippen LogP contribution in [-0.2, 0) is 11.4 Å². The molecule has 4 nitrogen and oxygen atoms in total. The van der Waals surface area contributed by atoms with Gasteiger partial charge in [0.25, 0.3) is 5.91 Å². The molecule has 1 N–H and O–H groups in total. The first-order chi connectivity index (χ1) is 14.6. The molecule has 1 aliphatic heterocycles. The summed E-state index contributed by atoms with van der Waals surface area (Å²) in [6.07, 6.45) is 1.79. The van der Waals surface area contributed by atoms with Gasteiger partial charge in [-0.3, -0.25) is 4.79 Å². The number of hydrogen-bond acceptors (Lipinski definition) is 4. The fraction of sp³-hybridized carbons (Fsp3) is 0.0435. The average molecular weight is 455 g/mol. The summed E-state index contributed by atoms with van der Waals surface area (Å²) in [5, 5.41) is 4.43. The lowest BCUT2D eigenvalue weighted by molar-refractivity contribution is -0.115. The highest BCUT2D eigenvalue weighted by molar-refractivity contribution is 8.18. The summed E-state index contributed by atoms with van der Waals surface area (Å²) in [4.78, 5) is 17.4. The van der Waals surface area contributed by atoms with Crippen molar-refractivity contribution < 1.29 is 9.53 Å². The number of thioether (sulfide) groups is 1. The number of carbonyl (C=O) groups excluding carboxylic acids is 1. The maximum atomic E-state index is 12.4. The molecule has 0 unspecified atom stereocenters. The summed E-state index contributed by atoms with van der Waals surface area (Å²) < 4.78 is 5.97. The SMILES string of the molecule is O=C1NC(=Nc2ccccc2Cl)S/C1=C\c1ccccc1OCc1ccccc1Cl. The average Bonchev–Trinajstić information content (AvgIpc) is 3.09. The van der Waals surface area contributed by atoms with E-state index in [-0.39, 0.29) is 5.91 Å². The topological polar surface area (TPSA) is 50.7 Å². The number of amides is 1. The number of benzene rings is 3. The molecule has 0 atom stereocenters. The van der Waals surface area contributed by atoms with E-state index in [1.807, 2.05) is 60.7 Å². The van der Waals surface area contributed by atoms with Gasteiger partial charge < -0.3 is 10.1 Å². The van der Waals surface area contributed by atoms with Gasteiger partial charge in [-0.25, -0.2) is 4.99 Å². The molecule has 0 bridgehead atoms. The van der Waals surface area contributed by atoms with Crippen molar-refractivity contribution in [1.29, 1.82) is 0 Å².